The van der Waals surface area contributed by atoms with Gasteiger partial charge in [0, 0.05) is 30.1 Å². The zero-order chi connectivity index (χ0) is 49.0. The molecular formula is C47H66Cl2N2O16S. The van der Waals surface area contributed by atoms with E-state index >= 15 is 0 Å². The molecule has 3 aromatic rings. The molecule has 0 aliphatic carbocycles. The molecule has 1 aliphatic rings. The van der Waals surface area contributed by atoms with E-state index in [-0.39, 0.29) is 34.3 Å². The number of hydrogen-bond acceptors (Lipinski definition) is 16. The molecule has 0 radical (unpaired) electrons. The number of hydrogen-bond donors (Lipinski definition) is 1. The maximum absolute atomic E-state index is 13.6. The van der Waals surface area contributed by atoms with Gasteiger partial charge in [0.1, 0.15) is 23.6 Å². The van der Waals surface area contributed by atoms with Crippen LogP contribution in [0.2, 0.25) is 10.0 Å². The lowest BCUT2D eigenvalue weighted by Gasteiger charge is -2.25. The molecule has 0 bridgehead atoms. The Morgan fingerprint density at radius 3 is 1.53 bits per heavy atom. The van der Waals surface area contributed by atoms with Crippen LogP contribution in [-0.4, -0.2) is 177 Å². The third-order valence-electron chi connectivity index (χ3n) is 10.3. The Labute approximate surface area is 409 Å². The van der Waals surface area contributed by atoms with Gasteiger partial charge in [-0.25, -0.2) is 13.2 Å². The second-order valence-corrected chi connectivity index (χ2v) is 17.8. The van der Waals surface area contributed by atoms with Crippen molar-refractivity contribution in [2.24, 2.45) is 0 Å². The lowest BCUT2D eigenvalue weighted by molar-refractivity contribution is -0.145. The molecule has 0 saturated carbocycles. The van der Waals surface area contributed by atoms with Crippen LogP contribution in [0.25, 0.3) is 11.1 Å². The average molecular weight is 1020 g/mol. The minimum absolute atomic E-state index is 0.0825. The SMILES string of the molecule is COCCOCCOCCOCCOCCOCCOCCOCCOCc1cc(OC)c(-c2ccc(C[C@H](NC(=O)[C@@H]3CCCN3S(=O)(=O)c3cc(Cl)cc(Cl)c3)C(=O)OC)cc2)c(OC)c1. The van der Waals surface area contributed by atoms with Crippen molar-refractivity contribution in [1.82, 2.24) is 9.62 Å². The number of halogens is 2. The number of benzene rings is 3. The second-order valence-electron chi connectivity index (χ2n) is 15.1. The number of carbonyl (C=O) groups is 2. The standard InChI is InChI=1S/C47H66Cl2N2O16S/c1-56-12-13-60-14-15-61-16-17-62-18-19-63-20-21-64-22-23-65-24-25-66-26-27-67-34-36-29-43(57-2)45(44(30-36)58-3)37-9-7-35(8-10-37)28-41(47(53)59-4)50-46(52)42-6-5-11-51(42)68(54,55)40-32-38(48)31-39(49)33-40/h7-10,29-33,41-42H,5-6,11-28,34H2,1-4H3,(H,50,52)/t41-,42-/m0/s1. The fourth-order valence-electron chi connectivity index (χ4n) is 6.96. The van der Waals surface area contributed by atoms with E-state index in [1.807, 2.05) is 36.4 Å². The van der Waals surface area contributed by atoms with E-state index in [1.165, 1.54) is 25.3 Å². The molecule has 68 heavy (non-hydrogen) atoms. The fraction of sp³-hybridized carbons (Fsp3) is 0.574. The van der Waals surface area contributed by atoms with Crippen molar-refractivity contribution in [3.8, 4) is 22.6 Å². The number of nitrogens with one attached hydrogen (secondary N) is 1. The fourth-order valence-corrected chi connectivity index (χ4v) is 9.34. The first-order valence-electron chi connectivity index (χ1n) is 22.3. The molecule has 3 aromatic carbocycles. The first-order valence-corrected chi connectivity index (χ1v) is 24.5. The van der Waals surface area contributed by atoms with E-state index in [2.05, 4.69) is 5.32 Å². The van der Waals surface area contributed by atoms with Crippen LogP contribution in [-0.2, 0) is 80.0 Å². The molecule has 4 rings (SSSR count). The molecule has 0 unspecified atom stereocenters. The summed E-state index contributed by atoms with van der Waals surface area (Å²) in [6.45, 7) is 8.00. The van der Waals surface area contributed by atoms with Crippen LogP contribution < -0.4 is 14.8 Å². The van der Waals surface area contributed by atoms with E-state index in [1.54, 1.807) is 21.3 Å². The molecule has 1 fully saturated rings. The molecule has 0 spiro atoms. The van der Waals surface area contributed by atoms with E-state index in [0.29, 0.717) is 141 Å². The van der Waals surface area contributed by atoms with Crippen LogP contribution in [0.5, 0.6) is 11.5 Å². The number of ether oxygens (including phenoxy) is 12. The smallest absolute Gasteiger partial charge is 0.328 e. The van der Waals surface area contributed by atoms with Crippen LogP contribution in [0.15, 0.2) is 59.5 Å². The summed E-state index contributed by atoms with van der Waals surface area (Å²) in [5, 5.41) is 3.03. The summed E-state index contributed by atoms with van der Waals surface area (Å²) in [7, 11) is 1.88. The van der Waals surface area contributed by atoms with E-state index in [4.69, 9.17) is 80.0 Å². The summed E-state index contributed by atoms with van der Waals surface area (Å²) in [5.41, 5.74) is 3.04. The molecule has 0 aromatic heterocycles. The Hall–Kier alpha value is -3.67. The summed E-state index contributed by atoms with van der Waals surface area (Å²) in [6.07, 6.45) is 0.797. The van der Waals surface area contributed by atoms with Crippen LogP contribution in [0.3, 0.4) is 0 Å². The third kappa shape index (κ3) is 19.6. The zero-order valence-corrected chi connectivity index (χ0v) is 41.7. The third-order valence-corrected chi connectivity index (χ3v) is 12.6. The number of carbonyl (C=O) groups excluding carboxylic acids is 2. The van der Waals surface area contributed by atoms with Gasteiger partial charge in [0.15, 0.2) is 0 Å². The molecule has 18 nitrogen and oxygen atoms in total. The molecule has 1 saturated heterocycles. The number of amides is 1. The van der Waals surface area contributed by atoms with Gasteiger partial charge in [-0.05, 0) is 59.9 Å². The predicted molar refractivity (Wildman–Crippen MR) is 253 cm³/mol. The minimum atomic E-state index is -4.12. The summed E-state index contributed by atoms with van der Waals surface area (Å²) in [4.78, 5) is 26.4. The van der Waals surface area contributed by atoms with E-state index < -0.39 is 34.0 Å². The van der Waals surface area contributed by atoms with Crippen molar-refractivity contribution in [3.05, 3.63) is 75.8 Å². The number of sulfonamides is 1. The molecule has 1 heterocycles. The molecule has 1 N–H and O–H groups in total. The maximum Gasteiger partial charge on any atom is 0.328 e. The largest absolute Gasteiger partial charge is 0.496 e. The minimum Gasteiger partial charge on any atom is -0.496 e. The molecule has 380 valence electrons. The molecule has 1 aliphatic heterocycles. The van der Waals surface area contributed by atoms with Crippen LogP contribution in [0, 0.1) is 0 Å². The van der Waals surface area contributed by atoms with E-state index in [9.17, 15) is 18.0 Å². The van der Waals surface area contributed by atoms with Gasteiger partial charge in [0.25, 0.3) is 0 Å². The quantitative estimate of drug-likeness (QED) is 0.0603. The van der Waals surface area contributed by atoms with Crippen LogP contribution in [0.1, 0.15) is 24.0 Å². The lowest BCUT2D eigenvalue weighted by atomic mass is 9.98. The molecule has 1 amide bonds. The summed E-state index contributed by atoms with van der Waals surface area (Å²) in [5.74, 6) is -0.165. The number of methoxy groups -OCH3 is 4. The van der Waals surface area contributed by atoms with Gasteiger partial charge in [0.05, 0.1) is 144 Å². The number of rotatable bonds is 36. The number of nitrogens with zero attached hydrogens (tertiary/aromatic N) is 1. The van der Waals surface area contributed by atoms with Crippen molar-refractivity contribution in [2.45, 2.75) is 42.8 Å². The Kier molecular flexibility index (Phi) is 27.0. The average Bonchev–Trinajstić information content (AvgIpc) is 3.85. The van der Waals surface area contributed by atoms with Crippen molar-refractivity contribution < 1.29 is 74.8 Å². The van der Waals surface area contributed by atoms with Crippen LogP contribution in [0.4, 0.5) is 0 Å². The first kappa shape index (κ1) is 56.9. The van der Waals surface area contributed by atoms with Crippen LogP contribution >= 0.6 is 23.2 Å². The lowest BCUT2D eigenvalue weighted by Crippen LogP contribution is -2.51. The van der Waals surface area contributed by atoms with Crippen molar-refractivity contribution in [3.63, 3.8) is 0 Å². The number of esters is 1. The highest BCUT2D eigenvalue weighted by atomic mass is 35.5. The van der Waals surface area contributed by atoms with Gasteiger partial charge in [-0.1, -0.05) is 47.5 Å². The second kappa shape index (κ2) is 32.3. The Bertz CT molecular complexity index is 2000. The van der Waals surface area contributed by atoms with Crippen molar-refractivity contribution in [1.29, 1.82) is 0 Å². The Morgan fingerprint density at radius 2 is 1.09 bits per heavy atom. The van der Waals surface area contributed by atoms with Gasteiger partial charge >= 0.3 is 5.97 Å². The van der Waals surface area contributed by atoms with Crippen molar-refractivity contribution >= 4 is 45.1 Å². The zero-order valence-electron chi connectivity index (χ0n) is 39.3. The summed E-state index contributed by atoms with van der Waals surface area (Å²) < 4.78 is 94.0. The Morgan fingerprint density at radius 1 is 0.632 bits per heavy atom. The molecule has 2 atom stereocenters. The monoisotopic (exact) mass is 1020 g/mol. The highest BCUT2D eigenvalue weighted by Gasteiger charge is 2.41. The molecular weight excluding hydrogens is 951 g/mol. The highest BCUT2D eigenvalue weighted by molar-refractivity contribution is 7.89. The van der Waals surface area contributed by atoms with Gasteiger partial charge in [-0.15, -0.1) is 0 Å². The summed E-state index contributed by atoms with van der Waals surface area (Å²) in [6, 6.07) is 13.0. The highest BCUT2D eigenvalue weighted by Crippen LogP contribution is 2.40. The summed E-state index contributed by atoms with van der Waals surface area (Å²) >= 11 is 12.2. The topological polar surface area (TPSA) is 194 Å². The molecule has 21 heteroatoms. The van der Waals surface area contributed by atoms with E-state index in [0.717, 1.165) is 15.4 Å². The van der Waals surface area contributed by atoms with Gasteiger partial charge in [-0.2, -0.15) is 4.31 Å². The normalized spacial score (nSPS) is 14.5. The van der Waals surface area contributed by atoms with Gasteiger partial charge in [0.2, 0.25) is 15.9 Å². The first-order chi connectivity index (χ1) is 33.0. The Balaban J connectivity index is 1.13. The maximum atomic E-state index is 13.6. The predicted octanol–water partition coefficient (Wildman–Crippen LogP) is 5.01. The van der Waals surface area contributed by atoms with Crippen molar-refractivity contribution in [2.75, 3.05) is 141 Å². The van der Waals surface area contributed by atoms with Gasteiger partial charge in [-0.3, -0.25) is 4.79 Å². The van der Waals surface area contributed by atoms with Gasteiger partial charge < -0.3 is 62.2 Å².